The number of halogens is 6. The minimum Gasteiger partial charge on any atom is -0.336 e. The first kappa shape index (κ1) is 26.2. The fourth-order valence-electron chi connectivity index (χ4n) is 4.75. The van der Waals surface area contributed by atoms with Crippen molar-refractivity contribution in [3.05, 3.63) is 58.4 Å². The molecule has 11 heteroatoms. The van der Waals surface area contributed by atoms with E-state index in [-0.39, 0.29) is 30.4 Å². The van der Waals surface area contributed by atoms with Crippen molar-refractivity contribution < 1.29 is 31.1 Å². The minimum atomic E-state index is -4.92. The largest absolute Gasteiger partial charge is 0.416 e. The molecule has 0 fully saturated rings. The van der Waals surface area contributed by atoms with Crippen molar-refractivity contribution in [3.8, 4) is 0 Å². The van der Waals surface area contributed by atoms with Gasteiger partial charge in [-0.2, -0.15) is 31.4 Å². The number of nitrogens with zero attached hydrogens (tertiary/aromatic N) is 3. The van der Waals surface area contributed by atoms with E-state index in [1.807, 2.05) is 10.7 Å². The van der Waals surface area contributed by atoms with Gasteiger partial charge in [0.2, 0.25) is 5.91 Å². The first-order valence-corrected chi connectivity index (χ1v) is 12.0. The Kier molecular flexibility index (Phi) is 7.49. The first-order chi connectivity index (χ1) is 17.0. The predicted octanol–water partition coefficient (Wildman–Crippen LogP) is 5.30. The van der Waals surface area contributed by atoms with Crippen LogP contribution in [-0.2, 0) is 36.7 Å². The summed E-state index contributed by atoms with van der Waals surface area (Å²) in [5.74, 6) is -1.02. The zero-order valence-electron chi connectivity index (χ0n) is 19.8. The number of hydrogen-bond acceptors (Lipinski definition) is 3. The fourth-order valence-corrected chi connectivity index (χ4v) is 4.75. The molecule has 2 aliphatic heterocycles. The third-order valence-electron chi connectivity index (χ3n) is 6.69. The molecular formula is C25H28F6N4O. The van der Waals surface area contributed by atoms with Gasteiger partial charge in [0.1, 0.15) is 0 Å². The fraction of sp³-hybridized carbons (Fsp3) is 0.520. The standard InChI is InChI=1S/C25H28F6N4O/c1-2-17(10-16-11-19(24(26,27)28)13-20(12-16)25(29,30)31)23(36)34-8-3-9-35-21(15-34)14-22(33-35)18-4-6-32-7-5-18/h4,11-14,17,32H,2-3,5-10,15H2,1H3. The maximum Gasteiger partial charge on any atom is 0.416 e. The molecule has 0 bridgehead atoms. The normalized spacial score (nSPS) is 17.9. The Morgan fingerprint density at radius 2 is 1.75 bits per heavy atom. The summed E-state index contributed by atoms with van der Waals surface area (Å²) >= 11 is 0. The Morgan fingerprint density at radius 1 is 1.06 bits per heavy atom. The Labute approximate surface area is 205 Å². The van der Waals surface area contributed by atoms with Crippen LogP contribution in [0.2, 0.25) is 0 Å². The number of aryl methyl sites for hydroxylation is 1. The lowest BCUT2D eigenvalue weighted by molar-refractivity contribution is -0.143. The molecule has 0 saturated heterocycles. The summed E-state index contributed by atoms with van der Waals surface area (Å²) in [5.41, 5.74) is -0.0119. The summed E-state index contributed by atoms with van der Waals surface area (Å²) in [7, 11) is 0. The molecule has 196 valence electrons. The summed E-state index contributed by atoms with van der Waals surface area (Å²) in [6.07, 6.45) is -6.17. The summed E-state index contributed by atoms with van der Waals surface area (Å²) in [4.78, 5) is 15.0. The molecule has 1 N–H and O–H groups in total. The molecule has 2 aromatic rings. The highest BCUT2D eigenvalue weighted by atomic mass is 19.4. The van der Waals surface area contributed by atoms with Crippen LogP contribution >= 0.6 is 0 Å². The topological polar surface area (TPSA) is 50.2 Å². The Hall–Kier alpha value is -2.82. The van der Waals surface area contributed by atoms with Gasteiger partial charge in [0, 0.05) is 25.6 Å². The van der Waals surface area contributed by atoms with Gasteiger partial charge < -0.3 is 10.2 Å². The number of fused-ring (bicyclic) bond motifs is 1. The van der Waals surface area contributed by atoms with Crippen LogP contribution in [0.4, 0.5) is 26.3 Å². The second-order valence-electron chi connectivity index (χ2n) is 9.26. The number of aromatic nitrogens is 2. The molecule has 1 unspecified atom stereocenters. The molecule has 3 heterocycles. The van der Waals surface area contributed by atoms with Gasteiger partial charge in [-0.1, -0.05) is 13.0 Å². The average molecular weight is 515 g/mol. The highest BCUT2D eigenvalue weighted by Gasteiger charge is 2.37. The second-order valence-corrected chi connectivity index (χ2v) is 9.26. The lowest BCUT2D eigenvalue weighted by atomic mass is 9.92. The number of benzene rings is 1. The van der Waals surface area contributed by atoms with Crippen LogP contribution in [0.15, 0.2) is 30.3 Å². The minimum absolute atomic E-state index is 0.109. The number of hydrogen-bond donors (Lipinski definition) is 1. The zero-order chi connectivity index (χ0) is 26.1. The van der Waals surface area contributed by atoms with Crippen LogP contribution in [0.3, 0.4) is 0 Å². The van der Waals surface area contributed by atoms with E-state index < -0.39 is 29.4 Å². The van der Waals surface area contributed by atoms with Crippen LogP contribution in [0, 0.1) is 5.92 Å². The van der Waals surface area contributed by atoms with E-state index in [9.17, 15) is 31.1 Å². The molecule has 5 nitrogen and oxygen atoms in total. The van der Waals surface area contributed by atoms with Gasteiger partial charge in [-0.25, -0.2) is 0 Å². The molecule has 36 heavy (non-hydrogen) atoms. The molecular weight excluding hydrogens is 486 g/mol. The van der Waals surface area contributed by atoms with Crippen LogP contribution in [0.1, 0.15) is 54.3 Å². The van der Waals surface area contributed by atoms with Crippen LogP contribution in [0.25, 0.3) is 5.57 Å². The van der Waals surface area contributed by atoms with E-state index in [1.54, 1.807) is 11.8 Å². The Balaban J connectivity index is 1.54. The van der Waals surface area contributed by atoms with Gasteiger partial charge in [0.15, 0.2) is 0 Å². The number of rotatable bonds is 5. The zero-order valence-corrected chi connectivity index (χ0v) is 19.8. The van der Waals surface area contributed by atoms with Crippen molar-refractivity contribution in [2.75, 3.05) is 19.6 Å². The number of alkyl halides is 6. The van der Waals surface area contributed by atoms with Crippen molar-refractivity contribution >= 4 is 11.5 Å². The predicted molar refractivity (Wildman–Crippen MR) is 122 cm³/mol. The molecule has 0 spiro atoms. The van der Waals surface area contributed by atoms with Crippen molar-refractivity contribution in [1.82, 2.24) is 20.0 Å². The van der Waals surface area contributed by atoms with Gasteiger partial charge in [-0.3, -0.25) is 9.48 Å². The number of nitrogens with one attached hydrogen (secondary N) is 1. The lowest BCUT2D eigenvalue weighted by Gasteiger charge is -2.26. The number of amides is 1. The van der Waals surface area contributed by atoms with E-state index in [4.69, 9.17) is 5.10 Å². The number of carbonyl (C=O) groups is 1. The van der Waals surface area contributed by atoms with Gasteiger partial charge in [0.25, 0.3) is 0 Å². The van der Waals surface area contributed by atoms with Crippen LogP contribution in [-0.4, -0.2) is 40.2 Å². The summed E-state index contributed by atoms with van der Waals surface area (Å²) in [6, 6.07) is 3.49. The molecule has 1 atom stereocenters. The van der Waals surface area contributed by atoms with Gasteiger partial charge >= 0.3 is 12.4 Å². The third-order valence-corrected chi connectivity index (χ3v) is 6.69. The van der Waals surface area contributed by atoms with Crippen molar-refractivity contribution in [2.45, 2.75) is 58.0 Å². The van der Waals surface area contributed by atoms with Crippen LogP contribution in [0.5, 0.6) is 0 Å². The SMILES string of the molecule is CCC(Cc1cc(C(F)(F)F)cc(C(F)(F)F)c1)C(=O)N1CCCn2nc(C3=CCNCC3)cc2C1. The van der Waals surface area contributed by atoms with Crippen molar-refractivity contribution in [3.63, 3.8) is 0 Å². The lowest BCUT2D eigenvalue weighted by Crippen LogP contribution is -2.36. The maximum atomic E-state index is 13.4. The van der Waals surface area contributed by atoms with E-state index >= 15 is 0 Å². The molecule has 4 rings (SSSR count). The molecule has 1 aromatic heterocycles. The van der Waals surface area contributed by atoms with Gasteiger partial charge in [-0.05, 0) is 67.6 Å². The highest BCUT2D eigenvalue weighted by molar-refractivity contribution is 5.79. The van der Waals surface area contributed by atoms with E-state index in [1.165, 1.54) is 0 Å². The highest BCUT2D eigenvalue weighted by Crippen LogP contribution is 2.37. The molecule has 1 amide bonds. The smallest absolute Gasteiger partial charge is 0.336 e. The maximum absolute atomic E-state index is 13.4. The quantitative estimate of drug-likeness (QED) is 0.551. The molecule has 0 radical (unpaired) electrons. The summed E-state index contributed by atoms with van der Waals surface area (Å²) in [5, 5.41) is 7.95. The number of carbonyl (C=O) groups excluding carboxylic acids is 1. The molecule has 0 saturated carbocycles. The van der Waals surface area contributed by atoms with Crippen molar-refractivity contribution in [1.29, 1.82) is 0 Å². The van der Waals surface area contributed by atoms with Gasteiger partial charge in [0.05, 0.1) is 29.1 Å². The first-order valence-electron chi connectivity index (χ1n) is 12.0. The summed E-state index contributed by atoms with van der Waals surface area (Å²) in [6.45, 7) is 4.71. The molecule has 0 aliphatic carbocycles. The molecule has 1 aromatic carbocycles. The molecule has 2 aliphatic rings. The monoisotopic (exact) mass is 514 g/mol. The van der Waals surface area contributed by atoms with Crippen molar-refractivity contribution in [2.24, 2.45) is 5.92 Å². The Morgan fingerprint density at radius 3 is 2.33 bits per heavy atom. The Bertz CT molecular complexity index is 1100. The summed E-state index contributed by atoms with van der Waals surface area (Å²) < 4.78 is 81.5. The van der Waals surface area contributed by atoms with Crippen LogP contribution < -0.4 is 5.32 Å². The van der Waals surface area contributed by atoms with E-state index in [2.05, 4.69) is 11.4 Å². The van der Waals surface area contributed by atoms with E-state index in [0.717, 1.165) is 36.5 Å². The van der Waals surface area contributed by atoms with Gasteiger partial charge in [-0.15, -0.1) is 0 Å². The van der Waals surface area contributed by atoms with E-state index in [0.29, 0.717) is 38.2 Å². The third kappa shape index (κ3) is 5.93. The second kappa shape index (κ2) is 10.3. The average Bonchev–Trinajstić information content (AvgIpc) is 3.12.